The van der Waals surface area contributed by atoms with Crippen molar-refractivity contribution in [3.8, 4) is 0 Å². The van der Waals surface area contributed by atoms with Crippen molar-refractivity contribution in [1.29, 1.82) is 0 Å². The zero-order chi connectivity index (χ0) is 57.6. The van der Waals surface area contributed by atoms with Gasteiger partial charge in [0.05, 0.1) is 34.4 Å². The van der Waals surface area contributed by atoms with Gasteiger partial charge in [0.15, 0.2) is 6.10 Å². The lowest BCUT2D eigenvalue weighted by molar-refractivity contribution is -0.870. The van der Waals surface area contributed by atoms with Crippen molar-refractivity contribution in [3.63, 3.8) is 0 Å². The van der Waals surface area contributed by atoms with Crippen LogP contribution in [0, 0.1) is 0 Å². The Balaban J connectivity index is 3.98. The minimum Gasteiger partial charge on any atom is -0.477 e. The molecule has 466 valence electrons. The van der Waals surface area contributed by atoms with E-state index in [2.05, 4.69) is 38.2 Å². The summed E-state index contributed by atoms with van der Waals surface area (Å²) in [5.74, 6) is -1.99. The Bertz CT molecular complexity index is 1340. The van der Waals surface area contributed by atoms with Crippen molar-refractivity contribution in [1.82, 2.24) is 0 Å². The number of rotatable bonds is 65. The molecule has 0 fully saturated rings. The third-order valence-corrected chi connectivity index (χ3v) is 15.7. The lowest BCUT2D eigenvalue weighted by Crippen LogP contribution is -2.40. The van der Waals surface area contributed by atoms with Gasteiger partial charge in [0.1, 0.15) is 13.2 Å². The summed E-state index contributed by atoms with van der Waals surface area (Å²) in [4.78, 5) is 37.5. The Labute approximate surface area is 490 Å². The summed E-state index contributed by atoms with van der Waals surface area (Å²) in [5, 5.41) is 9.73. The molecule has 0 rings (SSSR count). The average molecular weight is 1120 g/mol. The van der Waals surface area contributed by atoms with E-state index in [0.717, 1.165) is 51.4 Å². The maximum Gasteiger partial charge on any atom is 0.361 e. The molecule has 2 unspecified atom stereocenters. The molecule has 0 bridgehead atoms. The Kier molecular flexibility index (Phi) is 60.1. The van der Waals surface area contributed by atoms with Crippen LogP contribution in [0.25, 0.3) is 0 Å². The summed E-state index contributed by atoms with van der Waals surface area (Å²) in [5.41, 5.74) is 0. The molecule has 0 saturated carbocycles. The quantitative estimate of drug-likeness (QED) is 0.0211. The number of unbranched alkanes of at least 4 members (excludes halogenated alkanes) is 46. The zero-order valence-electron chi connectivity index (χ0n) is 53.3. The van der Waals surface area contributed by atoms with Gasteiger partial charge in [-0.05, 0) is 44.9 Å². The third kappa shape index (κ3) is 63.2. The first-order chi connectivity index (χ1) is 38.6. The number of hydrogen-bond acceptors (Lipinski definition) is 7. The molecule has 2 atom stereocenters. The minimum atomic E-state index is -1.51. The Hall–Kier alpha value is -2.23. The zero-order valence-corrected chi connectivity index (χ0v) is 53.3. The number of likely N-dealkylation sites (N-methyl/N-ethyl adjacent to an activating group) is 1. The van der Waals surface area contributed by atoms with E-state index in [1.165, 1.54) is 270 Å². The molecule has 0 aliphatic carbocycles. The van der Waals surface area contributed by atoms with Crippen LogP contribution in [0.2, 0.25) is 0 Å². The second-order valence-corrected chi connectivity index (χ2v) is 24.8. The SMILES string of the molecule is CCCCC/C=C\C/C=C\CCCCCCCCCCCC(=O)OC(COC(=O)CCCCCCCCCCCCCCCCCCCCCCCCCCCCCCCCCCCCC)COC(OCC[N+](C)(C)C)C(=O)O. The van der Waals surface area contributed by atoms with Crippen LogP contribution in [0.5, 0.6) is 0 Å². The Morgan fingerprint density at radius 1 is 0.380 bits per heavy atom. The molecule has 0 saturated heterocycles. The van der Waals surface area contributed by atoms with Gasteiger partial charge in [0.2, 0.25) is 0 Å². The fourth-order valence-electron chi connectivity index (χ4n) is 10.4. The third-order valence-electron chi connectivity index (χ3n) is 15.7. The number of hydrogen-bond donors (Lipinski definition) is 1. The predicted molar refractivity (Wildman–Crippen MR) is 337 cm³/mol. The first-order valence-electron chi connectivity index (χ1n) is 34.5. The second kappa shape index (κ2) is 61.8. The molecule has 0 spiro atoms. The summed E-state index contributed by atoms with van der Waals surface area (Å²) >= 11 is 0. The lowest BCUT2D eigenvalue weighted by Gasteiger charge is -2.25. The molecule has 79 heavy (non-hydrogen) atoms. The van der Waals surface area contributed by atoms with Crippen LogP contribution in [0.4, 0.5) is 0 Å². The van der Waals surface area contributed by atoms with E-state index < -0.39 is 24.3 Å². The highest BCUT2D eigenvalue weighted by atomic mass is 16.7. The standard InChI is InChI=1S/C70H133NO8/c1-6-8-10-12-14-16-18-20-22-24-26-27-28-29-30-31-32-33-34-35-36-37-38-39-40-41-43-44-46-48-50-52-54-56-58-60-67(72)77-64-66(65-78-70(69(74)75)76-63-62-71(3,4)5)79-68(73)61-59-57-55-53-51-49-47-45-42-25-23-21-19-17-15-13-11-9-7-2/h15,17,21,23,66,70H,6-14,16,18-20,22,24-65H2,1-5H3/p+1/b17-15-,23-21-. The van der Waals surface area contributed by atoms with Crippen LogP contribution in [-0.4, -0.2) is 87.4 Å². The molecule has 0 aromatic carbocycles. The van der Waals surface area contributed by atoms with Gasteiger partial charge in [-0.15, -0.1) is 0 Å². The molecule has 0 aromatic heterocycles. The van der Waals surface area contributed by atoms with Crippen LogP contribution < -0.4 is 0 Å². The molecular weight excluding hydrogens is 983 g/mol. The first kappa shape index (κ1) is 76.8. The molecular formula is C70H134NO8+. The van der Waals surface area contributed by atoms with Gasteiger partial charge in [-0.3, -0.25) is 9.59 Å². The molecule has 9 nitrogen and oxygen atoms in total. The number of aliphatic carboxylic acids is 1. The van der Waals surface area contributed by atoms with Gasteiger partial charge < -0.3 is 28.5 Å². The molecule has 9 heteroatoms. The molecule has 0 aliphatic rings. The van der Waals surface area contributed by atoms with E-state index in [9.17, 15) is 19.5 Å². The molecule has 0 aliphatic heterocycles. The summed E-state index contributed by atoms with van der Waals surface area (Å²) in [7, 11) is 5.98. The number of esters is 2. The molecule has 0 radical (unpaired) electrons. The maximum absolute atomic E-state index is 12.9. The highest BCUT2D eigenvalue weighted by molar-refractivity contribution is 5.71. The van der Waals surface area contributed by atoms with Gasteiger partial charge in [-0.2, -0.15) is 0 Å². The summed E-state index contributed by atoms with van der Waals surface area (Å²) in [6.45, 7) is 4.91. The number of ether oxygens (including phenoxy) is 4. The van der Waals surface area contributed by atoms with Gasteiger partial charge >= 0.3 is 17.9 Å². The Morgan fingerprint density at radius 3 is 1.03 bits per heavy atom. The predicted octanol–water partition coefficient (Wildman–Crippen LogP) is 21.0. The van der Waals surface area contributed by atoms with E-state index >= 15 is 0 Å². The molecule has 0 aromatic rings. The van der Waals surface area contributed by atoms with Crippen LogP contribution in [0.3, 0.4) is 0 Å². The molecule has 0 amide bonds. The van der Waals surface area contributed by atoms with Crippen LogP contribution in [0.15, 0.2) is 24.3 Å². The summed E-state index contributed by atoms with van der Waals surface area (Å²) in [6.07, 6.45) is 73.0. The number of carboxylic acids is 1. The van der Waals surface area contributed by atoms with E-state index in [1.807, 2.05) is 21.1 Å². The fourth-order valence-corrected chi connectivity index (χ4v) is 10.4. The van der Waals surface area contributed by atoms with Crippen LogP contribution in [0.1, 0.15) is 348 Å². The molecule has 1 N–H and O–H groups in total. The number of quaternary nitrogens is 1. The number of carbonyl (C=O) groups excluding carboxylic acids is 2. The molecule has 0 heterocycles. The van der Waals surface area contributed by atoms with Crippen molar-refractivity contribution in [2.45, 2.75) is 360 Å². The fraction of sp³-hybridized carbons (Fsp3) is 0.900. The normalized spacial score (nSPS) is 12.8. The number of carboxylic acid groups (broad SMARTS) is 1. The smallest absolute Gasteiger partial charge is 0.361 e. The van der Waals surface area contributed by atoms with E-state index in [1.54, 1.807) is 0 Å². The number of nitrogens with zero attached hydrogens (tertiary/aromatic N) is 1. The topological polar surface area (TPSA) is 108 Å². The highest BCUT2D eigenvalue weighted by Crippen LogP contribution is 2.19. The van der Waals surface area contributed by atoms with Crippen LogP contribution >= 0.6 is 0 Å². The number of allylic oxidation sites excluding steroid dienone is 4. The van der Waals surface area contributed by atoms with Crippen LogP contribution in [-0.2, 0) is 33.3 Å². The largest absolute Gasteiger partial charge is 0.477 e. The second-order valence-electron chi connectivity index (χ2n) is 24.8. The van der Waals surface area contributed by atoms with Crippen molar-refractivity contribution >= 4 is 17.9 Å². The number of carbonyl (C=O) groups is 3. The monoisotopic (exact) mass is 1120 g/mol. The highest BCUT2D eigenvalue weighted by Gasteiger charge is 2.25. The summed E-state index contributed by atoms with van der Waals surface area (Å²) < 4.78 is 23.0. The van der Waals surface area contributed by atoms with Gasteiger partial charge in [-0.1, -0.05) is 314 Å². The maximum atomic E-state index is 12.9. The van der Waals surface area contributed by atoms with Crippen molar-refractivity contribution < 1.29 is 42.9 Å². The lowest BCUT2D eigenvalue weighted by atomic mass is 10.0. The minimum absolute atomic E-state index is 0.178. The van der Waals surface area contributed by atoms with Crippen molar-refractivity contribution in [2.24, 2.45) is 0 Å². The summed E-state index contributed by atoms with van der Waals surface area (Å²) in [6, 6.07) is 0. The van der Waals surface area contributed by atoms with Crippen molar-refractivity contribution in [2.75, 3.05) is 47.5 Å². The van der Waals surface area contributed by atoms with Crippen molar-refractivity contribution in [3.05, 3.63) is 24.3 Å². The average Bonchev–Trinajstić information content (AvgIpc) is 3.42. The van der Waals surface area contributed by atoms with Gasteiger partial charge in [-0.25, -0.2) is 4.79 Å². The van der Waals surface area contributed by atoms with E-state index in [-0.39, 0.29) is 32.2 Å². The van der Waals surface area contributed by atoms with E-state index in [0.29, 0.717) is 17.4 Å². The van der Waals surface area contributed by atoms with E-state index in [4.69, 9.17) is 18.9 Å². The van der Waals surface area contributed by atoms with Gasteiger partial charge in [0, 0.05) is 12.8 Å². The first-order valence-corrected chi connectivity index (χ1v) is 34.5. The van der Waals surface area contributed by atoms with Gasteiger partial charge in [0.25, 0.3) is 6.29 Å². The Morgan fingerprint density at radius 2 is 0.684 bits per heavy atom.